The monoisotopic (exact) mass is 646 g/mol. The zero-order valence-electron chi connectivity index (χ0n) is 18.8. The summed E-state index contributed by atoms with van der Waals surface area (Å²) in [5, 5.41) is 13.4. The van der Waals surface area contributed by atoms with Gasteiger partial charge in [0.1, 0.15) is 40.6 Å². The zero-order chi connectivity index (χ0) is 31.2. The van der Waals surface area contributed by atoms with Crippen molar-refractivity contribution in [1.29, 1.82) is 10.5 Å². The molecule has 0 unspecified atom stereocenters. The number of nitriles is 2. The Kier molecular flexibility index (Phi) is 5.77. The molecule has 0 spiro atoms. The van der Waals surface area contributed by atoms with Crippen LogP contribution >= 0.6 is 32.2 Å². The van der Waals surface area contributed by atoms with Crippen LogP contribution in [0.3, 0.4) is 0 Å². The first-order valence-corrected chi connectivity index (χ1v) is 14.4. The van der Waals surface area contributed by atoms with E-state index < -0.39 is 115 Å². The van der Waals surface area contributed by atoms with Crippen LogP contribution in [0.4, 0.5) is 52.0 Å². The fourth-order valence-corrected chi connectivity index (χ4v) is 7.97. The maximum atomic E-state index is 14.5. The number of thioether (sulfide) groups is 1. The highest BCUT2D eigenvalue weighted by Crippen LogP contribution is 3.04. The molecule has 0 N–H and O–H groups in total. The first-order chi connectivity index (χ1) is 17.5. The molecule has 0 saturated heterocycles. The standard InChI is InChI=1S/C20H7F13N4S3/c1-8-10(19(36-2)37-3)4-12-14(8)17(39(24,25,26,27)28)13-5-11(9(6-34)7-35)16(38-20(21,22)23)15(13)18(12)40(29,30,31,32)33/h4-5H2,1H3. The summed E-state index contributed by atoms with van der Waals surface area (Å²) in [6.45, 7) is 14.3. The van der Waals surface area contributed by atoms with Crippen molar-refractivity contribution in [3.05, 3.63) is 66.9 Å². The maximum Gasteiger partial charge on any atom is 0.523 e. The van der Waals surface area contributed by atoms with Gasteiger partial charge >= 0.3 is 31.8 Å². The highest BCUT2D eigenvalue weighted by atomic mass is 32.5. The highest BCUT2D eigenvalue weighted by molar-refractivity contribution is 8.46. The summed E-state index contributed by atoms with van der Waals surface area (Å²) in [6, 6.07) is 1.84. The quantitative estimate of drug-likeness (QED) is 0.187. The van der Waals surface area contributed by atoms with Crippen LogP contribution in [0.2, 0.25) is 0 Å². The van der Waals surface area contributed by atoms with Crippen LogP contribution in [-0.2, 0) is 12.8 Å². The summed E-state index contributed by atoms with van der Waals surface area (Å²) < 4.78 is 185. The highest BCUT2D eigenvalue weighted by Gasteiger charge is 2.72. The Bertz CT molecular complexity index is 1770. The van der Waals surface area contributed by atoms with Crippen molar-refractivity contribution in [2.24, 2.45) is 0 Å². The van der Waals surface area contributed by atoms with Crippen LogP contribution in [-0.4, -0.2) is 5.51 Å². The minimum absolute atomic E-state index is 0.461. The van der Waals surface area contributed by atoms with Crippen molar-refractivity contribution in [3.63, 3.8) is 0 Å². The fourth-order valence-electron chi connectivity index (χ4n) is 4.49. The van der Waals surface area contributed by atoms with E-state index in [2.05, 4.69) is 9.69 Å². The normalized spacial score (nSPS) is 18.6. The number of fused-ring (bicyclic) bond motifs is 2. The lowest BCUT2D eigenvalue weighted by molar-refractivity contribution is -0.0318. The third-order valence-corrected chi connectivity index (χ3v) is 8.97. The summed E-state index contributed by atoms with van der Waals surface area (Å²) in [5.41, 5.74) is -15.6. The van der Waals surface area contributed by atoms with Gasteiger partial charge in [0.2, 0.25) is 0 Å². The second kappa shape index (κ2) is 7.43. The van der Waals surface area contributed by atoms with E-state index in [9.17, 15) is 52.0 Å². The van der Waals surface area contributed by atoms with E-state index in [0.717, 1.165) is 12.1 Å². The Hall–Kier alpha value is -3.46. The van der Waals surface area contributed by atoms with E-state index in [-0.39, 0.29) is 0 Å². The van der Waals surface area contributed by atoms with Crippen LogP contribution in [0, 0.1) is 35.8 Å². The molecule has 3 rings (SSSR count). The van der Waals surface area contributed by atoms with Crippen molar-refractivity contribution in [2.75, 3.05) is 0 Å². The summed E-state index contributed by atoms with van der Waals surface area (Å²) in [4.78, 5) is -3.56. The van der Waals surface area contributed by atoms with Gasteiger partial charge < -0.3 is 0 Å². The fraction of sp³-hybridized carbons (Fsp3) is 0.200. The average molecular weight is 646 g/mol. The second-order valence-electron chi connectivity index (χ2n) is 8.26. The number of alkyl halides is 3. The van der Waals surface area contributed by atoms with Crippen molar-refractivity contribution in [3.8, 4) is 12.1 Å². The van der Waals surface area contributed by atoms with Gasteiger partial charge in [0.25, 0.3) is 0 Å². The lowest BCUT2D eigenvalue weighted by Crippen LogP contribution is -2.34. The van der Waals surface area contributed by atoms with E-state index in [0.29, 0.717) is 6.92 Å². The van der Waals surface area contributed by atoms with E-state index in [1.165, 1.54) is 0 Å². The number of halogens is 13. The van der Waals surface area contributed by atoms with E-state index >= 15 is 0 Å². The smallest absolute Gasteiger partial charge is 0.192 e. The molecule has 0 aromatic heterocycles. The van der Waals surface area contributed by atoms with E-state index in [1.807, 2.05) is 0 Å². The molecule has 1 aromatic carbocycles. The molecule has 0 bridgehead atoms. The minimum Gasteiger partial charge on any atom is -0.192 e. The van der Waals surface area contributed by atoms with Crippen LogP contribution in [0.5, 0.6) is 0 Å². The van der Waals surface area contributed by atoms with Gasteiger partial charge in [-0.15, -0.1) is 0 Å². The van der Waals surface area contributed by atoms with Gasteiger partial charge in [0, 0.05) is 21.8 Å². The van der Waals surface area contributed by atoms with Crippen LogP contribution in [0.25, 0.3) is 20.2 Å². The number of allylic oxidation sites excluding steroid dienone is 2. The van der Waals surface area contributed by atoms with Gasteiger partial charge in [0.15, 0.2) is 0 Å². The van der Waals surface area contributed by atoms with Crippen molar-refractivity contribution in [1.82, 2.24) is 0 Å². The van der Waals surface area contributed by atoms with E-state index in [4.69, 9.17) is 23.7 Å². The molecule has 2 aliphatic carbocycles. The number of hydrogen-bond acceptors (Lipinski definition) is 3. The SMILES string of the molecule is [C-]#[N+]C([N+]#[C-])=C1Cc2c(S(F)(F)(F)(F)F)c3c(c(S(F)(F)(F)(F)F)c2=C1C)CC(=C(C#N)C#N)C=3SC(F)(F)F. The Balaban J connectivity index is 3.00. The first kappa shape index (κ1) is 31.1. The summed E-state index contributed by atoms with van der Waals surface area (Å²) in [6.07, 6.45) is -3.76. The largest absolute Gasteiger partial charge is 0.523 e. The number of hydrogen-bond donors (Lipinski definition) is 0. The number of benzene rings is 1. The third-order valence-electron chi connectivity index (χ3n) is 5.64. The Labute approximate surface area is 219 Å². The molecule has 0 fully saturated rings. The molecule has 0 aliphatic heterocycles. The predicted molar refractivity (Wildman–Crippen MR) is 121 cm³/mol. The molecule has 0 radical (unpaired) electrons. The third kappa shape index (κ3) is 5.31. The first-order valence-electron chi connectivity index (χ1n) is 9.68. The Morgan fingerprint density at radius 3 is 1.55 bits per heavy atom. The molecule has 20 heteroatoms. The van der Waals surface area contributed by atoms with Crippen LogP contribution in [0.15, 0.2) is 32.3 Å². The van der Waals surface area contributed by atoms with Crippen molar-refractivity contribution in [2.45, 2.75) is 35.1 Å². The summed E-state index contributed by atoms with van der Waals surface area (Å²) in [5.74, 6) is -1.25. The summed E-state index contributed by atoms with van der Waals surface area (Å²) >= 11 is -1.69. The zero-order valence-corrected chi connectivity index (χ0v) is 21.3. The van der Waals surface area contributed by atoms with Crippen LogP contribution < -0.4 is 10.4 Å². The molecule has 2 aliphatic rings. The molecule has 0 heterocycles. The maximum absolute atomic E-state index is 14.5. The van der Waals surface area contributed by atoms with Gasteiger partial charge in [0.05, 0.1) is 5.57 Å². The van der Waals surface area contributed by atoms with Gasteiger partial charge in [-0.3, -0.25) is 0 Å². The van der Waals surface area contributed by atoms with Gasteiger partial charge in [-0.05, 0) is 47.4 Å². The number of rotatable bonds is 3. The molecule has 0 atom stereocenters. The van der Waals surface area contributed by atoms with Gasteiger partial charge in [-0.1, -0.05) is 38.9 Å². The van der Waals surface area contributed by atoms with Crippen molar-refractivity contribution < 1.29 is 52.0 Å². The topological polar surface area (TPSA) is 56.3 Å². The molecular formula is C20H7F13N4S3. The molecule has 0 saturated carbocycles. The molecule has 1 aromatic rings. The minimum atomic E-state index is -11.4. The number of nitrogens with zero attached hydrogens (tertiary/aromatic N) is 4. The molecule has 40 heavy (non-hydrogen) atoms. The summed E-state index contributed by atoms with van der Waals surface area (Å²) in [7, 11) is -22.8. The molecule has 216 valence electrons. The second-order valence-corrected chi connectivity index (χ2v) is 14.0. The molecule has 0 amide bonds. The Morgan fingerprint density at radius 1 is 0.775 bits per heavy atom. The predicted octanol–water partition coefficient (Wildman–Crippen LogP) is 9.04. The van der Waals surface area contributed by atoms with Gasteiger partial charge in [-0.25, -0.2) is 0 Å². The average Bonchev–Trinajstić information content (AvgIpc) is 3.22. The van der Waals surface area contributed by atoms with Crippen molar-refractivity contribution >= 4 is 42.7 Å². The van der Waals surface area contributed by atoms with E-state index in [1.54, 1.807) is 0 Å². The lowest BCUT2D eigenvalue weighted by atomic mass is 10.0. The molecule has 4 nitrogen and oxygen atoms in total. The van der Waals surface area contributed by atoms with Gasteiger partial charge in [-0.2, -0.15) is 33.4 Å². The van der Waals surface area contributed by atoms with Crippen LogP contribution in [0.1, 0.15) is 18.1 Å². The Morgan fingerprint density at radius 2 is 1.18 bits per heavy atom. The lowest BCUT2D eigenvalue weighted by Gasteiger charge is -2.45. The molecular weight excluding hydrogens is 639 g/mol.